The normalized spacial score (nSPS) is 1.50. The number of rotatable bonds is 0. The molecule has 0 heterocycles. The number of hydrogen-bond donors (Lipinski definition) is 0. The van der Waals surface area contributed by atoms with Crippen molar-refractivity contribution < 1.29 is 38.3 Å². The maximum atomic E-state index is 9.19. The van der Waals surface area contributed by atoms with E-state index < -0.39 is 0 Å². The molecular formula is FFeMnP. The van der Waals surface area contributed by atoms with Gasteiger partial charge in [-0.15, -0.1) is 0 Å². The summed E-state index contributed by atoms with van der Waals surface area (Å²) in [7, 11) is 2.03. The summed E-state index contributed by atoms with van der Waals surface area (Å²) < 4.78 is 9.19. The molecule has 0 aliphatic rings. The minimum atomic E-state index is 0. The van der Waals surface area contributed by atoms with E-state index in [4.69, 9.17) is 0 Å². The molecule has 0 aliphatic carbocycles. The first kappa shape index (κ1) is 18.2. The molecule has 0 N–H and O–H groups in total. The Morgan fingerprint density at radius 1 is 1.25 bits per heavy atom. The van der Waals surface area contributed by atoms with Crippen molar-refractivity contribution in [2.45, 2.75) is 0 Å². The van der Waals surface area contributed by atoms with Crippen molar-refractivity contribution in [1.82, 2.24) is 0 Å². The Labute approximate surface area is 48.2 Å². The Bertz CT molecular complexity index is 8.00. The van der Waals surface area contributed by atoms with Gasteiger partial charge in [0.2, 0.25) is 9.55 Å². The zero-order valence-electron chi connectivity index (χ0n) is 1.56. The van der Waals surface area contributed by atoms with Gasteiger partial charge in [0.15, 0.2) is 0 Å². The summed E-state index contributed by atoms with van der Waals surface area (Å²) in [5, 5.41) is 0. The first-order valence-corrected chi connectivity index (χ1v) is 0.507. The molecule has 0 atom stereocenters. The molecule has 0 bridgehead atoms. The van der Waals surface area contributed by atoms with Crippen LogP contribution in [0.25, 0.3) is 0 Å². The van der Waals surface area contributed by atoms with Gasteiger partial charge >= 0.3 is 0 Å². The Kier molecular flexibility index (Phi) is 118. The SMILES string of the molecule is F[P].[Fe].[Mn]. The maximum Gasteiger partial charge on any atom is 0.211 e. The third kappa shape index (κ3) is 9.99. The van der Waals surface area contributed by atoms with E-state index >= 15 is 0 Å². The van der Waals surface area contributed by atoms with E-state index in [9.17, 15) is 4.20 Å². The van der Waals surface area contributed by atoms with Crippen LogP contribution in [0.2, 0.25) is 0 Å². The van der Waals surface area contributed by atoms with Gasteiger partial charge in [-0.3, -0.25) is 0 Å². The van der Waals surface area contributed by atoms with Crippen LogP contribution >= 0.6 is 9.55 Å². The van der Waals surface area contributed by atoms with Crippen molar-refractivity contribution in [3.05, 3.63) is 0 Å². The second kappa shape index (κ2) is 26.0. The summed E-state index contributed by atoms with van der Waals surface area (Å²) >= 11 is 0. The molecule has 0 saturated carbocycles. The van der Waals surface area contributed by atoms with E-state index in [1.807, 2.05) is 9.55 Å². The zero-order chi connectivity index (χ0) is 2.00. The molecule has 0 amide bonds. The topological polar surface area (TPSA) is 0 Å². The van der Waals surface area contributed by atoms with Gasteiger partial charge in [-0.1, -0.05) is 0 Å². The second-order valence-corrected chi connectivity index (χ2v) is 0. The standard InChI is InChI=1S/FP.Fe.Mn/c1-2;;. The zero-order valence-corrected chi connectivity index (χ0v) is 4.74. The summed E-state index contributed by atoms with van der Waals surface area (Å²) in [5.41, 5.74) is 0. The molecule has 4 heteroatoms. The summed E-state index contributed by atoms with van der Waals surface area (Å²) in [5.74, 6) is 0. The van der Waals surface area contributed by atoms with Gasteiger partial charge in [-0.25, -0.2) is 4.20 Å². The Morgan fingerprint density at radius 2 is 1.25 bits per heavy atom. The van der Waals surface area contributed by atoms with Crippen LogP contribution in [0.1, 0.15) is 0 Å². The van der Waals surface area contributed by atoms with Crippen LogP contribution in [0, 0.1) is 0 Å². The van der Waals surface area contributed by atoms with Crippen molar-refractivity contribution in [3.63, 3.8) is 0 Å². The molecule has 0 aromatic carbocycles. The van der Waals surface area contributed by atoms with Crippen molar-refractivity contribution in [2.75, 3.05) is 0 Å². The monoisotopic (exact) mass is 161 g/mol. The van der Waals surface area contributed by atoms with Crippen molar-refractivity contribution in [2.24, 2.45) is 0 Å². The van der Waals surface area contributed by atoms with Gasteiger partial charge in [0, 0.05) is 34.1 Å². The smallest absolute Gasteiger partial charge is 0.211 e. The van der Waals surface area contributed by atoms with Crippen molar-refractivity contribution in [1.29, 1.82) is 0 Å². The van der Waals surface area contributed by atoms with E-state index in [2.05, 4.69) is 0 Å². The first-order valence-electron chi connectivity index (χ1n) is 0.169. The third-order valence-corrected chi connectivity index (χ3v) is 0. The molecule has 27 valence electrons. The minimum absolute atomic E-state index is 0. The molecule has 0 saturated heterocycles. The second-order valence-electron chi connectivity index (χ2n) is 0. The van der Waals surface area contributed by atoms with Crippen LogP contribution in [-0.2, 0) is 34.1 Å². The summed E-state index contributed by atoms with van der Waals surface area (Å²) in [6.45, 7) is 0. The maximum absolute atomic E-state index is 9.19. The summed E-state index contributed by atoms with van der Waals surface area (Å²) in [4.78, 5) is 0. The number of halogens is 1. The van der Waals surface area contributed by atoms with E-state index in [1.165, 1.54) is 0 Å². The van der Waals surface area contributed by atoms with Crippen LogP contribution in [-0.4, -0.2) is 0 Å². The molecule has 0 rings (SSSR count). The molecule has 0 aromatic rings. The quantitative estimate of drug-likeness (QED) is 0.370. The van der Waals surface area contributed by atoms with E-state index in [-0.39, 0.29) is 34.1 Å². The van der Waals surface area contributed by atoms with Crippen LogP contribution in [0.15, 0.2) is 0 Å². The molecule has 4 heavy (non-hydrogen) atoms. The molecular weight excluding hydrogens is 161 g/mol. The first-order chi connectivity index (χ1) is 1.00. The molecule has 0 aliphatic heterocycles. The Hall–Kier alpha value is 1.40. The van der Waals surface area contributed by atoms with Gasteiger partial charge in [0.1, 0.15) is 0 Å². The van der Waals surface area contributed by atoms with Crippen LogP contribution in [0.3, 0.4) is 0 Å². The molecule has 3 radical (unpaired) electrons. The molecule has 0 aromatic heterocycles. The van der Waals surface area contributed by atoms with E-state index in [0.29, 0.717) is 0 Å². The molecule has 0 nitrogen and oxygen atoms in total. The van der Waals surface area contributed by atoms with Gasteiger partial charge in [-0.2, -0.15) is 0 Å². The van der Waals surface area contributed by atoms with Crippen molar-refractivity contribution >= 4 is 9.55 Å². The van der Waals surface area contributed by atoms with Gasteiger partial charge in [0.05, 0.1) is 0 Å². The van der Waals surface area contributed by atoms with Gasteiger partial charge < -0.3 is 0 Å². The predicted molar refractivity (Wildman–Crippen MR) is 8.03 cm³/mol. The van der Waals surface area contributed by atoms with Crippen molar-refractivity contribution in [3.8, 4) is 0 Å². The largest absolute Gasteiger partial charge is 0.211 e. The number of hydrogen-bond acceptors (Lipinski definition) is 0. The van der Waals surface area contributed by atoms with Crippen LogP contribution in [0.5, 0.6) is 0 Å². The minimum Gasteiger partial charge on any atom is -0.211 e. The Balaban J connectivity index is -0.00000000500. The van der Waals surface area contributed by atoms with E-state index in [0.717, 1.165) is 0 Å². The molecule has 0 fully saturated rings. The average Bonchev–Trinajstić information content (AvgIpc) is 1.00. The fourth-order valence-corrected chi connectivity index (χ4v) is 0. The Morgan fingerprint density at radius 3 is 1.25 bits per heavy atom. The average molecular weight is 161 g/mol. The summed E-state index contributed by atoms with van der Waals surface area (Å²) in [6, 6.07) is 0. The van der Waals surface area contributed by atoms with Gasteiger partial charge in [0.25, 0.3) is 0 Å². The molecule has 0 unspecified atom stereocenters. The fourth-order valence-electron chi connectivity index (χ4n) is 0. The third-order valence-electron chi connectivity index (χ3n) is 0. The molecule has 0 spiro atoms. The predicted octanol–water partition coefficient (Wildman–Crippen LogP) is 1.28. The van der Waals surface area contributed by atoms with Crippen LogP contribution < -0.4 is 0 Å². The fraction of sp³-hybridized carbons (Fsp3) is 0. The summed E-state index contributed by atoms with van der Waals surface area (Å²) in [6.07, 6.45) is 0. The van der Waals surface area contributed by atoms with E-state index in [1.54, 1.807) is 0 Å². The van der Waals surface area contributed by atoms with Gasteiger partial charge in [-0.05, 0) is 0 Å². The van der Waals surface area contributed by atoms with Crippen LogP contribution in [0.4, 0.5) is 4.20 Å².